The molecule has 7 heteroatoms. The van der Waals surface area contributed by atoms with Gasteiger partial charge in [-0.25, -0.2) is 4.68 Å². The van der Waals surface area contributed by atoms with Crippen LogP contribution in [0.15, 0.2) is 85.1 Å². The van der Waals surface area contributed by atoms with Crippen molar-refractivity contribution < 1.29 is 14.3 Å². The minimum Gasteiger partial charge on any atom is -0.497 e. The fraction of sp³-hybridized carbons (Fsp3) is 0.267. The molecule has 0 aliphatic carbocycles. The van der Waals surface area contributed by atoms with Gasteiger partial charge < -0.3 is 14.8 Å². The number of para-hydroxylation sites is 2. The van der Waals surface area contributed by atoms with Crippen LogP contribution in [-0.4, -0.2) is 54.4 Å². The quantitative estimate of drug-likeness (QED) is 0.348. The molecule has 37 heavy (non-hydrogen) atoms. The molecule has 0 bridgehead atoms. The molecule has 5 rings (SSSR count). The third-order valence-electron chi connectivity index (χ3n) is 6.86. The summed E-state index contributed by atoms with van der Waals surface area (Å²) in [5, 5.41) is 8.02. The second kappa shape index (κ2) is 11.3. The Morgan fingerprint density at radius 1 is 0.946 bits per heavy atom. The molecule has 1 aliphatic heterocycles. The first-order valence-electron chi connectivity index (χ1n) is 12.6. The van der Waals surface area contributed by atoms with Crippen LogP contribution >= 0.6 is 0 Å². The van der Waals surface area contributed by atoms with Crippen LogP contribution in [-0.2, 0) is 0 Å². The molecular formula is C30H32N4O3. The largest absolute Gasteiger partial charge is 0.497 e. The zero-order chi connectivity index (χ0) is 25.6. The van der Waals surface area contributed by atoms with E-state index in [2.05, 4.69) is 22.3 Å². The lowest BCUT2D eigenvalue weighted by Crippen LogP contribution is -2.36. The van der Waals surface area contributed by atoms with Crippen LogP contribution in [0.1, 0.15) is 34.8 Å². The number of nitrogens with one attached hydrogen (secondary N) is 1. The van der Waals surface area contributed by atoms with E-state index >= 15 is 0 Å². The average molecular weight is 497 g/mol. The van der Waals surface area contributed by atoms with Gasteiger partial charge in [-0.15, -0.1) is 0 Å². The Hall–Kier alpha value is -4.10. The fourth-order valence-corrected chi connectivity index (χ4v) is 4.94. The molecular weight excluding hydrogens is 464 g/mol. The number of carbonyl (C=O) groups is 1. The van der Waals surface area contributed by atoms with Gasteiger partial charge >= 0.3 is 0 Å². The van der Waals surface area contributed by atoms with Gasteiger partial charge in [0.05, 0.1) is 31.5 Å². The number of ether oxygens (including phenoxy) is 2. The van der Waals surface area contributed by atoms with Crippen molar-refractivity contribution in [3.05, 3.63) is 96.2 Å². The van der Waals surface area contributed by atoms with Crippen molar-refractivity contribution in [3.63, 3.8) is 0 Å². The van der Waals surface area contributed by atoms with E-state index in [0.29, 0.717) is 23.6 Å². The maximum atomic E-state index is 13.7. The molecule has 3 aromatic carbocycles. The lowest BCUT2D eigenvalue weighted by molar-refractivity contribution is 0.0938. The summed E-state index contributed by atoms with van der Waals surface area (Å²) >= 11 is 0. The number of aromatic nitrogens is 2. The summed E-state index contributed by atoms with van der Waals surface area (Å²) in [5.41, 5.74) is 3.86. The highest BCUT2D eigenvalue weighted by Gasteiger charge is 2.26. The van der Waals surface area contributed by atoms with Gasteiger partial charge in [0.2, 0.25) is 0 Å². The third kappa shape index (κ3) is 5.37. The molecule has 1 amide bonds. The topological polar surface area (TPSA) is 68.6 Å². The van der Waals surface area contributed by atoms with Crippen LogP contribution < -0.4 is 14.8 Å². The second-order valence-corrected chi connectivity index (χ2v) is 9.12. The summed E-state index contributed by atoms with van der Waals surface area (Å²) in [6, 6.07) is 25.6. The summed E-state index contributed by atoms with van der Waals surface area (Å²) in [6.07, 6.45) is 4.12. The minimum atomic E-state index is -0.171. The van der Waals surface area contributed by atoms with Crippen molar-refractivity contribution in [1.29, 1.82) is 0 Å². The lowest BCUT2D eigenvalue weighted by atomic mass is 10.0. The van der Waals surface area contributed by atoms with Gasteiger partial charge in [0.15, 0.2) is 0 Å². The molecule has 0 saturated carbocycles. The summed E-state index contributed by atoms with van der Waals surface area (Å²) in [6.45, 7) is 2.50. The summed E-state index contributed by atoms with van der Waals surface area (Å²) in [7, 11) is 3.30. The molecule has 1 fully saturated rings. The minimum absolute atomic E-state index is 0.0560. The van der Waals surface area contributed by atoms with Crippen molar-refractivity contribution in [2.45, 2.75) is 18.9 Å². The van der Waals surface area contributed by atoms with E-state index < -0.39 is 0 Å². The molecule has 2 heterocycles. The van der Waals surface area contributed by atoms with Crippen LogP contribution in [0.3, 0.4) is 0 Å². The van der Waals surface area contributed by atoms with Crippen LogP contribution in [0.25, 0.3) is 16.9 Å². The first-order chi connectivity index (χ1) is 18.2. The average Bonchev–Trinajstić information content (AvgIpc) is 3.65. The predicted octanol–water partition coefficient (Wildman–Crippen LogP) is 5.12. The first-order valence-corrected chi connectivity index (χ1v) is 12.6. The highest BCUT2D eigenvalue weighted by molar-refractivity contribution is 6.00. The van der Waals surface area contributed by atoms with Gasteiger partial charge in [0.25, 0.3) is 5.91 Å². The number of likely N-dealkylation sites (tertiary alicyclic amines) is 1. The van der Waals surface area contributed by atoms with Crippen molar-refractivity contribution in [2.75, 3.05) is 33.9 Å². The maximum Gasteiger partial charge on any atom is 0.255 e. The van der Waals surface area contributed by atoms with E-state index in [1.54, 1.807) is 25.1 Å². The number of rotatable bonds is 9. The Morgan fingerprint density at radius 3 is 2.46 bits per heavy atom. The van der Waals surface area contributed by atoms with Crippen molar-refractivity contribution in [2.24, 2.45) is 0 Å². The van der Waals surface area contributed by atoms with E-state index in [-0.39, 0.29) is 11.9 Å². The molecule has 1 N–H and O–H groups in total. The number of amides is 1. The number of hydrogen-bond donors (Lipinski definition) is 1. The fourth-order valence-electron chi connectivity index (χ4n) is 4.94. The van der Waals surface area contributed by atoms with Crippen LogP contribution in [0, 0.1) is 0 Å². The van der Waals surface area contributed by atoms with Crippen LogP contribution in [0.5, 0.6) is 11.5 Å². The smallest absolute Gasteiger partial charge is 0.255 e. The van der Waals surface area contributed by atoms with Gasteiger partial charge in [0, 0.05) is 18.3 Å². The standard InChI is InChI=1S/C30H32N4O3/c1-36-24-14-10-11-22(19-24)27(33-17-8-9-18-33)20-31-30(35)26-21-34(23-12-4-3-5-13-23)32-29(26)25-15-6-7-16-28(25)37-2/h3-7,10-16,19,21,27H,8-9,17-18,20H2,1-2H3,(H,31,35). The first kappa shape index (κ1) is 24.6. The Labute approximate surface area is 217 Å². The zero-order valence-corrected chi connectivity index (χ0v) is 21.3. The van der Waals surface area contributed by atoms with E-state index in [9.17, 15) is 4.79 Å². The molecule has 1 unspecified atom stereocenters. The van der Waals surface area contributed by atoms with E-state index in [1.807, 2.05) is 66.7 Å². The van der Waals surface area contributed by atoms with E-state index in [1.165, 1.54) is 0 Å². The SMILES string of the molecule is COc1cccc(C(CNC(=O)c2cn(-c3ccccc3)nc2-c2ccccc2OC)N2CCCC2)c1. The predicted molar refractivity (Wildman–Crippen MR) is 144 cm³/mol. The Morgan fingerprint density at radius 2 is 1.70 bits per heavy atom. The molecule has 1 atom stereocenters. The lowest BCUT2D eigenvalue weighted by Gasteiger charge is -2.28. The number of hydrogen-bond acceptors (Lipinski definition) is 5. The molecule has 7 nitrogen and oxygen atoms in total. The highest BCUT2D eigenvalue weighted by Crippen LogP contribution is 2.32. The van der Waals surface area contributed by atoms with E-state index in [0.717, 1.165) is 48.5 Å². The molecule has 4 aromatic rings. The highest BCUT2D eigenvalue weighted by atomic mass is 16.5. The van der Waals surface area contributed by atoms with Crippen molar-refractivity contribution in [3.8, 4) is 28.4 Å². The van der Waals surface area contributed by atoms with Crippen LogP contribution in [0.4, 0.5) is 0 Å². The van der Waals surface area contributed by atoms with Crippen molar-refractivity contribution >= 4 is 5.91 Å². The number of nitrogens with zero attached hydrogens (tertiary/aromatic N) is 3. The van der Waals surface area contributed by atoms with Gasteiger partial charge in [0.1, 0.15) is 17.2 Å². The van der Waals surface area contributed by atoms with Gasteiger partial charge in [-0.1, -0.05) is 42.5 Å². The summed E-state index contributed by atoms with van der Waals surface area (Å²) in [4.78, 5) is 16.1. The van der Waals surface area contributed by atoms with Gasteiger partial charge in [-0.3, -0.25) is 9.69 Å². The number of carbonyl (C=O) groups excluding carboxylic acids is 1. The molecule has 190 valence electrons. The third-order valence-corrected chi connectivity index (χ3v) is 6.86. The Balaban J connectivity index is 1.47. The normalized spacial score (nSPS) is 14.3. The maximum absolute atomic E-state index is 13.7. The molecule has 0 radical (unpaired) electrons. The summed E-state index contributed by atoms with van der Waals surface area (Å²) < 4.78 is 12.8. The van der Waals surface area contributed by atoms with Crippen LogP contribution in [0.2, 0.25) is 0 Å². The van der Waals surface area contributed by atoms with Crippen molar-refractivity contribution in [1.82, 2.24) is 20.0 Å². The number of methoxy groups -OCH3 is 2. The van der Waals surface area contributed by atoms with E-state index in [4.69, 9.17) is 14.6 Å². The van der Waals surface area contributed by atoms with Gasteiger partial charge in [-0.05, 0) is 67.9 Å². The molecule has 1 aliphatic rings. The zero-order valence-electron chi connectivity index (χ0n) is 21.3. The second-order valence-electron chi connectivity index (χ2n) is 9.12. The molecule has 1 saturated heterocycles. The molecule has 0 spiro atoms. The number of benzene rings is 3. The van der Waals surface area contributed by atoms with Gasteiger partial charge in [-0.2, -0.15) is 5.10 Å². The summed E-state index contributed by atoms with van der Waals surface area (Å²) in [5.74, 6) is 1.31. The molecule has 1 aromatic heterocycles. The monoisotopic (exact) mass is 496 g/mol. The Bertz CT molecular complexity index is 1350. The Kier molecular flexibility index (Phi) is 7.51.